The van der Waals surface area contributed by atoms with Crippen molar-refractivity contribution in [1.29, 1.82) is 0 Å². The van der Waals surface area contributed by atoms with Gasteiger partial charge < -0.3 is 0 Å². The molecule has 9 heavy (non-hydrogen) atoms. The highest BCUT2D eigenvalue weighted by atomic mass is 127. The van der Waals surface area contributed by atoms with Crippen LogP contribution in [0.4, 0.5) is 0 Å². The maximum atomic E-state index is 4.24. The maximum Gasteiger partial charge on any atom is 0.0332 e. The van der Waals surface area contributed by atoms with Crippen LogP contribution in [0, 0.1) is 5.92 Å². The zero-order valence-corrected chi connectivity index (χ0v) is 8.84. The zero-order valence-electron chi connectivity index (χ0n) is 6.69. The third-order valence-electron chi connectivity index (χ3n) is 1.34. The third-order valence-corrected chi connectivity index (χ3v) is 4.93. The minimum atomic E-state index is 0.147. The summed E-state index contributed by atoms with van der Waals surface area (Å²) in [5, 5.41) is 0. The molecule has 56 valence electrons. The lowest BCUT2D eigenvalue weighted by Crippen LogP contribution is -2.04. The molecular formula is C7H16IN. The van der Waals surface area contributed by atoms with Crippen LogP contribution in [0.5, 0.6) is 0 Å². The summed E-state index contributed by atoms with van der Waals surface area (Å²) in [7, 11) is 1.94. The molecule has 0 amide bonds. The van der Waals surface area contributed by atoms with Gasteiger partial charge in [-0.3, -0.25) is 3.15 Å². The Morgan fingerprint density at radius 1 is 1.44 bits per heavy atom. The van der Waals surface area contributed by atoms with E-state index in [2.05, 4.69) is 23.9 Å². The van der Waals surface area contributed by atoms with Gasteiger partial charge in [0.05, 0.1) is 0 Å². The van der Waals surface area contributed by atoms with Crippen LogP contribution in [0.3, 0.4) is 0 Å². The van der Waals surface area contributed by atoms with E-state index in [0.29, 0.717) is 0 Å². The fourth-order valence-electron chi connectivity index (χ4n) is 0.778. The van der Waals surface area contributed by atoms with Crippen molar-refractivity contribution in [2.24, 2.45) is 9.06 Å². The first-order valence-corrected chi connectivity index (χ1v) is 5.65. The summed E-state index contributed by atoms with van der Waals surface area (Å²) >= 11 is 0.147. The van der Waals surface area contributed by atoms with Crippen molar-refractivity contribution in [2.45, 2.75) is 31.1 Å². The Morgan fingerprint density at radius 2 is 2.00 bits per heavy atom. The van der Waals surface area contributed by atoms with E-state index in [4.69, 9.17) is 0 Å². The van der Waals surface area contributed by atoms with E-state index >= 15 is 0 Å². The summed E-state index contributed by atoms with van der Waals surface area (Å²) in [5.41, 5.74) is 0. The predicted molar refractivity (Wildman–Crippen MR) is 51.3 cm³/mol. The number of nitrogens with zero attached hydrogens (tertiary/aromatic N) is 1. The Labute approximate surface area is 68.4 Å². The average Bonchev–Trinajstić information content (AvgIpc) is 1.82. The molecule has 0 bridgehead atoms. The minimum absolute atomic E-state index is 0.147. The molecule has 0 saturated heterocycles. The standard InChI is InChI=1S/C7H16IN/c1-5-7(6(2)3)8-9-4/h6-7H,5H2,1-4H3/t7-/m1/s1. The van der Waals surface area contributed by atoms with Crippen molar-refractivity contribution < 1.29 is 0 Å². The Kier molecular flexibility index (Phi) is 5.64. The number of rotatable bonds is 3. The molecule has 0 unspecified atom stereocenters. The van der Waals surface area contributed by atoms with Crippen LogP contribution in [0.25, 0.3) is 0 Å². The minimum Gasteiger partial charge on any atom is -0.266 e. The lowest BCUT2D eigenvalue weighted by molar-refractivity contribution is 0.613. The van der Waals surface area contributed by atoms with Crippen molar-refractivity contribution in [1.82, 2.24) is 0 Å². The second-order valence-electron chi connectivity index (χ2n) is 2.43. The van der Waals surface area contributed by atoms with Crippen molar-refractivity contribution in [2.75, 3.05) is 7.05 Å². The predicted octanol–water partition coefficient (Wildman–Crippen LogP) is 3.21. The third kappa shape index (κ3) is 4.00. The van der Waals surface area contributed by atoms with E-state index in [1.807, 2.05) is 7.05 Å². The molecule has 1 atom stereocenters. The van der Waals surface area contributed by atoms with E-state index in [-0.39, 0.29) is 21.0 Å². The molecule has 0 N–H and O–H groups in total. The lowest BCUT2D eigenvalue weighted by atomic mass is 10.1. The normalized spacial score (nSPS) is 16.1. The fraction of sp³-hybridized carbons (Fsp3) is 1.00. The second-order valence-corrected chi connectivity index (χ2v) is 5.56. The molecule has 0 aliphatic rings. The molecule has 0 radical (unpaired) electrons. The SMILES string of the molecule is CC[C@@H](I=NC)C(C)C. The van der Waals surface area contributed by atoms with E-state index in [1.54, 1.807) is 0 Å². The number of alkyl halides is 1. The van der Waals surface area contributed by atoms with Crippen LogP contribution in [0.1, 0.15) is 27.2 Å². The van der Waals surface area contributed by atoms with Crippen LogP contribution in [-0.2, 0) is 0 Å². The molecule has 0 aromatic rings. The van der Waals surface area contributed by atoms with Crippen LogP contribution >= 0.6 is 21.0 Å². The zero-order chi connectivity index (χ0) is 7.28. The van der Waals surface area contributed by atoms with Crippen LogP contribution in [0.2, 0.25) is 0 Å². The first kappa shape index (κ1) is 9.53. The molecular weight excluding hydrogens is 225 g/mol. The van der Waals surface area contributed by atoms with Crippen molar-refractivity contribution in [3.63, 3.8) is 0 Å². The molecule has 0 aliphatic heterocycles. The Morgan fingerprint density at radius 3 is 2.11 bits per heavy atom. The molecule has 0 aliphatic carbocycles. The van der Waals surface area contributed by atoms with Crippen molar-refractivity contribution >= 4 is 21.0 Å². The van der Waals surface area contributed by atoms with Crippen LogP contribution < -0.4 is 0 Å². The van der Waals surface area contributed by atoms with Gasteiger partial charge in [-0.15, -0.1) is 0 Å². The van der Waals surface area contributed by atoms with Gasteiger partial charge in [-0.2, -0.15) is 0 Å². The smallest absolute Gasteiger partial charge is 0.0332 e. The Bertz CT molecular complexity index is 88.9. The van der Waals surface area contributed by atoms with Gasteiger partial charge in [-0.1, -0.05) is 20.8 Å². The molecule has 0 aromatic heterocycles. The highest BCUT2D eigenvalue weighted by Gasteiger charge is 2.06. The topological polar surface area (TPSA) is 12.4 Å². The number of hydrogen-bond donors (Lipinski definition) is 0. The van der Waals surface area contributed by atoms with Gasteiger partial charge in [0.2, 0.25) is 0 Å². The Balaban J connectivity index is 3.68. The molecule has 0 saturated carbocycles. The number of halogens is 1. The van der Waals surface area contributed by atoms with E-state index in [1.165, 1.54) is 6.42 Å². The summed E-state index contributed by atoms with van der Waals surface area (Å²) in [4.78, 5) is 0. The van der Waals surface area contributed by atoms with Crippen LogP contribution in [0.15, 0.2) is 3.15 Å². The van der Waals surface area contributed by atoms with Gasteiger partial charge in [0.1, 0.15) is 0 Å². The first-order chi connectivity index (χ1) is 4.22. The maximum absolute atomic E-state index is 4.24. The molecule has 0 rings (SSSR count). The van der Waals surface area contributed by atoms with Crippen molar-refractivity contribution in [3.05, 3.63) is 0 Å². The molecule has 1 nitrogen and oxygen atoms in total. The summed E-state index contributed by atoms with van der Waals surface area (Å²) in [6.07, 6.45) is 1.31. The summed E-state index contributed by atoms with van der Waals surface area (Å²) in [6, 6.07) is 0. The molecule has 0 heterocycles. The van der Waals surface area contributed by atoms with Crippen LogP contribution in [-0.4, -0.2) is 11.0 Å². The summed E-state index contributed by atoms with van der Waals surface area (Å²) in [6.45, 7) is 6.84. The summed E-state index contributed by atoms with van der Waals surface area (Å²) in [5.74, 6) is 0.839. The van der Waals surface area contributed by atoms with Gasteiger partial charge >= 0.3 is 0 Å². The second kappa shape index (κ2) is 5.33. The van der Waals surface area contributed by atoms with Gasteiger partial charge in [0, 0.05) is 11.0 Å². The first-order valence-electron chi connectivity index (χ1n) is 3.44. The molecule has 2 heteroatoms. The van der Waals surface area contributed by atoms with E-state index < -0.39 is 0 Å². The largest absolute Gasteiger partial charge is 0.266 e. The molecule has 0 fully saturated rings. The molecule has 0 aromatic carbocycles. The van der Waals surface area contributed by atoms with E-state index in [0.717, 1.165) is 9.84 Å². The quantitative estimate of drug-likeness (QED) is 0.531. The Hall–Kier alpha value is 0.530. The van der Waals surface area contributed by atoms with Gasteiger partial charge in [0.25, 0.3) is 0 Å². The lowest BCUT2D eigenvalue weighted by Gasteiger charge is -2.10. The summed E-state index contributed by atoms with van der Waals surface area (Å²) < 4.78 is 5.15. The van der Waals surface area contributed by atoms with E-state index in [9.17, 15) is 0 Å². The number of hydrogen-bond acceptors (Lipinski definition) is 1. The monoisotopic (exact) mass is 241 g/mol. The highest BCUT2D eigenvalue weighted by molar-refractivity contribution is 14.2. The average molecular weight is 241 g/mol. The van der Waals surface area contributed by atoms with Gasteiger partial charge in [-0.05, 0) is 33.4 Å². The highest BCUT2D eigenvalue weighted by Crippen LogP contribution is 2.22. The fourth-order valence-corrected chi connectivity index (χ4v) is 2.53. The van der Waals surface area contributed by atoms with Gasteiger partial charge in [-0.25, -0.2) is 0 Å². The molecule has 0 spiro atoms. The van der Waals surface area contributed by atoms with Gasteiger partial charge in [0.15, 0.2) is 0 Å². The van der Waals surface area contributed by atoms with Crippen molar-refractivity contribution in [3.8, 4) is 0 Å².